The number of esters is 1. The second-order valence-electron chi connectivity index (χ2n) is 6.41. The first-order chi connectivity index (χ1) is 13.9. The number of Topliss-reactive ketones (excluding diaryl/α,β-unsaturated/α-hetero) is 2. The fraction of sp³-hybridized carbons (Fsp3) is 0.217. The molecular weight excluding hydrogens is 368 g/mol. The lowest BCUT2D eigenvalue weighted by Crippen LogP contribution is -2.26. The Balaban J connectivity index is 2.43. The van der Waals surface area contributed by atoms with Crippen molar-refractivity contribution in [2.45, 2.75) is 6.92 Å². The van der Waals surface area contributed by atoms with Gasteiger partial charge in [-0.2, -0.15) is 0 Å². The molecule has 0 spiro atoms. The van der Waals surface area contributed by atoms with Crippen LogP contribution in [-0.4, -0.2) is 49.4 Å². The van der Waals surface area contributed by atoms with Crippen molar-refractivity contribution in [3.05, 3.63) is 83.7 Å². The van der Waals surface area contributed by atoms with Gasteiger partial charge < -0.3 is 9.64 Å². The minimum absolute atomic E-state index is 0.00331. The van der Waals surface area contributed by atoms with E-state index in [4.69, 9.17) is 4.74 Å². The smallest absolute Gasteiger partial charge is 0.358 e. The number of ether oxygens (including phenoxy) is 1. The second kappa shape index (κ2) is 10.7. The van der Waals surface area contributed by atoms with Crippen LogP contribution >= 0.6 is 0 Å². The molecule has 0 bridgehead atoms. The summed E-state index contributed by atoms with van der Waals surface area (Å²) < 4.78 is 5.01. The van der Waals surface area contributed by atoms with Gasteiger partial charge in [-0.3, -0.25) is 14.6 Å². The third-order valence-electron chi connectivity index (χ3n) is 3.91. The minimum Gasteiger partial charge on any atom is -0.461 e. The average Bonchev–Trinajstić information content (AvgIpc) is 2.73. The summed E-state index contributed by atoms with van der Waals surface area (Å²) in [6.45, 7) is 1.88. The topological polar surface area (TPSA) is 76.0 Å². The van der Waals surface area contributed by atoms with Crippen LogP contribution in [0.3, 0.4) is 0 Å². The van der Waals surface area contributed by atoms with Crippen LogP contribution in [-0.2, 0) is 9.53 Å². The molecule has 0 aliphatic carbocycles. The van der Waals surface area contributed by atoms with Crippen molar-refractivity contribution in [2.75, 3.05) is 20.7 Å². The molecule has 0 heterocycles. The molecule has 0 aliphatic rings. The average molecular weight is 392 g/mol. The summed E-state index contributed by atoms with van der Waals surface area (Å²) in [5.74, 6) is -2.58. The van der Waals surface area contributed by atoms with Crippen LogP contribution in [0.4, 0.5) is 0 Å². The van der Waals surface area contributed by atoms with E-state index < -0.39 is 23.5 Å². The Morgan fingerprint density at radius 3 is 1.83 bits per heavy atom. The lowest BCUT2D eigenvalue weighted by molar-refractivity contribution is -0.138. The fourth-order valence-electron chi connectivity index (χ4n) is 2.56. The first kappa shape index (κ1) is 21.8. The van der Waals surface area contributed by atoms with Crippen molar-refractivity contribution in [2.24, 2.45) is 10.9 Å². The molecule has 6 nitrogen and oxygen atoms in total. The van der Waals surface area contributed by atoms with E-state index in [2.05, 4.69) is 4.99 Å². The van der Waals surface area contributed by atoms with Crippen LogP contribution in [0.1, 0.15) is 27.6 Å². The maximum absolute atomic E-state index is 13.0. The van der Waals surface area contributed by atoms with Crippen molar-refractivity contribution in [3.63, 3.8) is 0 Å². The van der Waals surface area contributed by atoms with E-state index in [9.17, 15) is 14.4 Å². The summed E-state index contributed by atoms with van der Waals surface area (Å²) >= 11 is 0. The van der Waals surface area contributed by atoms with E-state index in [-0.39, 0.29) is 12.3 Å². The van der Waals surface area contributed by atoms with Crippen LogP contribution in [0.5, 0.6) is 0 Å². The van der Waals surface area contributed by atoms with E-state index >= 15 is 0 Å². The standard InChI is InChI=1S/C23H24N2O4/c1-4-29-23(28)20(16-25(2)3)24-15-19(21(26)17-11-7-5-8-12-17)22(27)18-13-9-6-10-14-18/h5-16,19H,4H2,1-3H3/b20-16-,24-15?. The van der Waals surface area contributed by atoms with Gasteiger partial charge in [0.15, 0.2) is 17.3 Å². The Hall–Kier alpha value is -3.54. The van der Waals surface area contributed by atoms with Gasteiger partial charge in [-0.25, -0.2) is 4.79 Å². The largest absolute Gasteiger partial charge is 0.461 e. The van der Waals surface area contributed by atoms with Crippen LogP contribution < -0.4 is 0 Å². The van der Waals surface area contributed by atoms with Gasteiger partial charge in [0.1, 0.15) is 5.92 Å². The number of hydrogen-bond acceptors (Lipinski definition) is 6. The molecule has 0 atom stereocenters. The number of ketones is 2. The number of benzene rings is 2. The van der Waals surface area contributed by atoms with Gasteiger partial charge in [0.25, 0.3) is 0 Å². The number of carbonyl (C=O) groups excluding carboxylic acids is 3. The Kier molecular flexibility index (Phi) is 8.03. The van der Waals surface area contributed by atoms with Crippen LogP contribution in [0.15, 0.2) is 77.6 Å². The molecule has 0 saturated heterocycles. The Labute approximate surface area is 170 Å². The van der Waals surface area contributed by atoms with Gasteiger partial charge >= 0.3 is 5.97 Å². The van der Waals surface area contributed by atoms with Crippen molar-refractivity contribution in [1.82, 2.24) is 4.90 Å². The zero-order chi connectivity index (χ0) is 21.2. The molecule has 150 valence electrons. The molecule has 0 aromatic heterocycles. The fourth-order valence-corrected chi connectivity index (χ4v) is 2.56. The van der Waals surface area contributed by atoms with Crippen molar-refractivity contribution < 1.29 is 19.1 Å². The minimum atomic E-state index is -1.17. The van der Waals surface area contributed by atoms with Gasteiger partial charge in [-0.05, 0) is 6.92 Å². The highest BCUT2D eigenvalue weighted by atomic mass is 16.5. The highest BCUT2D eigenvalue weighted by Crippen LogP contribution is 2.15. The Morgan fingerprint density at radius 1 is 0.931 bits per heavy atom. The first-order valence-corrected chi connectivity index (χ1v) is 9.22. The third kappa shape index (κ3) is 6.24. The Bertz CT molecular complexity index is 851. The maximum atomic E-state index is 13.0. The van der Waals surface area contributed by atoms with Crippen molar-refractivity contribution in [1.29, 1.82) is 0 Å². The number of hydrogen-bond donors (Lipinski definition) is 0. The molecular formula is C23H24N2O4. The zero-order valence-electron chi connectivity index (χ0n) is 16.7. The third-order valence-corrected chi connectivity index (χ3v) is 3.91. The zero-order valence-corrected chi connectivity index (χ0v) is 16.7. The lowest BCUT2D eigenvalue weighted by Gasteiger charge is -2.12. The lowest BCUT2D eigenvalue weighted by atomic mass is 9.91. The van der Waals surface area contributed by atoms with E-state index in [1.54, 1.807) is 86.6 Å². The molecule has 2 aromatic rings. The molecule has 0 amide bonds. The van der Waals surface area contributed by atoms with Gasteiger partial charge in [0, 0.05) is 37.6 Å². The second-order valence-corrected chi connectivity index (χ2v) is 6.41. The number of carbonyl (C=O) groups is 3. The van der Waals surface area contributed by atoms with Gasteiger partial charge in [-0.15, -0.1) is 0 Å². The highest BCUT2D eigenvalue weighted by Gasteiger charge is 2.27. The predicted molar refractivity (Wildman–Crippen MR) is 112 cm³/mol. The molecule has 6 heteroatoms. The van der Waals surface area contributed by atoms with Crippen LogP contribution in [0.25, 0.3) is 0 Å². The monoisotopic (exact) mass is 392 g/mol. The SMILES string of the molecule is CCOC(=O)/C(=C/N(C)C)N=CC(C(=O)c1ccccc1)C(=O)c1ccccc1. The molecule has 2 aromatic carbocycles. The molecule has 0 radical (unpaired) electrons. The van der Waals surface area contributed by atoms with Gasteiger partial charge in [-0.1, -0.05) is 60.7 Å². The number of nitrogens with zero attached hydrogens (tertiary/aromatic N) is 2. The van der Waals surface area contributed by atoms with Crippen molar-refractivity contribution >= 4 is 23.8 Å². The summed E-state index contributed by atoms with van der Waals surface area (Å²) in [7, 11) is 3.47. The highest BCUT2D eigenvalue weighted by molar-refractivity contribution is 6.24. The molecule has 29 heavy (non-hydrogen) atoms. The predicted octanol–water partition coefficient (Wildman–Crippen LogP) is 3.41. The molecule has 2 rings (SSSR count). The Morgan fingerprint density at radius 2 is 1.41 bits per heavy atom. The first-order valence-electron chi connectivity index (χ1n) is 9.22. The van der Waals surface area contributed by atoms with E-state index in [0.29, 0.717) is 11.1 Å². The maximum Gasteiger partial charge on any atom is 0.358 e. The summed E-state index contributed by atoms with van der Waals surface area (Å²) in [5.41, 5.74) is 0.786. The molecule has 0 unspecified atom stereocenters. The quantitative estimate of drug-likeness (QED) is 0.215. The summed E-state index contributed by atoms with van der Waals surface area (Å²) in [6, 6.07) is 17.1. The summed E-state index contributed by atoms with van der Waals surface area (Å²) in [5, 5.41) is 0. The van der Waals surface area contributed by atoms with E-state index in [1.165, 1.54) is 12.4 Å². The van der Waals surface area contributed by atoms with E-state index in [0.717, 1.165) is 0 Å². The van der Waals surface area contributed by atoms with Gasteiger partial charge in [0.05, 0.1) is 6.61 Å². The summed E-state index contributed by atoms with van der Waals surface area (Å²) in [6.07, 6.45) is 2.70. The molecule has 0 N–H and O–H groups in total. The van der Waals surface area contributed by atoms with Crippen molar-refractivity contribution in [3.8, 4) is 0 Å². The molecule has 0 fully saturated rings. The molecule has 0 aliphatic heterocycles. The van der Waals surface area contributed by atoms with Crippen LogP contribution in [0, 0.1) is 5.92 Å². The number of rotatable bonds is 9. The summed E-state index contributed by atoms with van der Waals surface area (Å²) in [4.78, 5) is 44.0. The molecule has 0 saturated carbocycles. The van der Waals surface area contributed by atoms with E-state index in [1.807, 2.05) is 0 Å². The van der Waals surface area contributed by atoms with Gasteiger partial charge in [0.2, 0.25) is 0 Å². The van der Waals surface area contributed by atoms with Crippen LogP contribution in [0.2, 0.25) is 0 Å². The normalized spacial score (nSPS) is 11.5. The number of aliphatic imine (C=N–C) groups is 1.